The quantitative estimate of drug-likeness (QED) is 0.843. The zero-order valence-electron chi connectivity index (χ0n) is 7.05. The maximum Gasteiger partial charge on any atom is 0.229 e. The van der Waals surface area contributed by atoms with Gasteiger partial charge in [-0.1, -0.05) is 0 Å². The molecule has 1 N–H and O–H groups in total. The minimum Gasteiger partial charge on any atom is -0.492 e. The van der Waals surface area contributed by atoms with Gasteiger partial charge in [-0.25, -0.2) is 4.98 Å². The molecule has 0 fully saturated rings. The van der Waals surface area contributed by atoms with Crippen LogP contribution in [-0.2, 0) is 0 Å². The summed E-state index contributed by atoms with van der Waals surface area (Å²) in [6, 6.07) is 3.56. The van der Waals surface area contributed by atoms with E-state index in [-0.39, 0.29) is 5.88 Å². The molecule has 0 amide bonds. The molecule has 0 saturated carbocycles. The fourth-order valence-corrected chi connectivity index (χ4v) is 1.19. The van der Waals surface area contributed by atoms with Gasteiger partial charge in [0.05, 0.1) is 4.47 Å². The molecule has 2 heterocycles. The zero-order chi connectivity index (χ0) is 9.97. The highest BCUT2D eigenvalue weighted by molar-refractivity contribution is 9.10. The Morgan fingerprint density at radius 1 is 1.21 bits per heavy atom. The van der Waals surface area contributed by atoms with E-state index >= 15 is 0 Å². The number of aromatic hydroxyl groups is 1. The average Bonchev–Trinajstić information content (AvgIpc) is 2.23. The molecule has 0 spiro atoms. The van der Waals surface area contributed by atoms with Crippen LogP contribution in [0, 0.1) is 0 Å². The normalized spacial score (nSPS) is 10.1. The van der Waals surface area contributed by atoms with E-state index in [1.54, 1.807) is 24.5 Å². The minimum absolute atomic E-state index is 0.0631. The molecule has 0 aliphatic heterocycles. The summed E-state index contributed by atoms with van der Waals surface area (Å²) in [4.78, 5) is 11.9. The number of hydrogen-bond donors (Lipinski definition) is 1. The third-order valence-electron chi connectivity index (χ3n) is 1.66. The maximum atomic E-state index is 9.35. The summed E-state index contributed by atoms with van der Waals surface area (Å²) in [7, 11) is 0. The van der Waals surface area contributed by atoms with Crippen LogP contribution in [0.1, 0.15) is 0 Å². The van der Waals surface area contributed by atoms with Crippen LogP contribution in [0.3, 0.4) is 0 Å². The van der Waals surface area contributed by atoms with Gasteiger partial charge in [-0.3, -0.25) is 4.98 Å². The van der Waals surface area contributed by atoms with E-state index < -0.39 is 0 Å². The highest BCUT2D eigenvalue weighted by Gasteiger charge is 2.04. The van der Waals surface area contributed by atoms with Gasteiger partial charge in [-0.2, -0.15) is 4.98 Å². The Bertz CT molecular complexity index is 447. The van der Waals surface area contributed by atoms with Gasteiger partial charge < -0.3 is 5.11 Å². The lowest BCUT2D eigenvalue weighted by Gasteiger charge is -2.00. The van der Waals surface area contributed by atoms with E-state index in [0.29, 0.717) is 10.3 Å². The van der Waals surface area contributed by atoms with Crippen molar-refractivity contribution in [2.45, 2.75) is 0 Å². The standard InChI is InChI=1S/C9H6BrN3O/c10-7-5-12-8(13-9(7)14)6-1-3-11-4-2-6/h1-5H,(H,12,13,14). The molecule has 0 aliphatic carbocycles. The van der Waals surface area contributed by atoms with Crippen molar-refractivity contribution in [2.24, 2.45) is 0 Å². The smallest absolute Gasteiger partial charge is 0.229 e. The number of halogens is 1. The molecule has 0 bridgehead atoms. The van der Waals surface area contributed by atoms with Crippen LogP contribution in [0.5, 0.6) is 5.88 Å². The molecule has 0 aliphatic rings. The largest absolute Gasteiger partial charge is 0.492 e. The van der Waals surface area contributed by atoms with Gasteiger partial charge in [-0.15, -0.1) is 0 Å². The third-order valence-corrected chi connectivity index (χ3v) is 2.22. The van der Waals surface area contributed by atoms with Crippen molar-refractivity contribution in [2.75, 3.05) is 0 Å². The van der Waals surface area contributed by atoms with Gasteiger partial charge in [0, 0.05) is 24.2 Å². The Labute approximate surface area is 88.8 Å². The summed E-state index contributed by atoms with van der Waals surface area (Å²) in [6.45, 7) is 0. The van der Waals surface area contributed by atoms with Crippen molar-refractivity contribution in [3.05, 3.63) is 35.2 Å². The molecule has 0 aromatic carbocycles. The van der Waals surface area contributed by atoms with E-state index in [2.05, 4.69) is 30.9 Å². The van der Waals surface area contributed by atoms with Gasteiger partial charge in [-0.05, 0) is 28.1 Å². The third kappa shape index (κ3) is 1.72. The first kappa shape index (κ1) is 9.08. The number of pyridine rings is 1. The van der Waals surface area contributed by atoms with Crippen LogP contribution >= 0.6 is 15.9 Å². The number of rotatable bonds is 1. The maximum absolute atomic E-state index is 9.35. The van der Waals surface area contributed by atoms with E-state index in [4.69, 9.17) is 0 Å². The van der Waals surface area contributed by atoms with Crippen molar-refractivity contribution < 1.29 is 5.11 Å². The predicted octanol–water partition coefficient (Wildman–Crippen LogP) is 2.01. The SMILES string of the molecule is Oc1nc(-c2ccncc2)ncc1Br. The van der Waals surface area contributed by atoms with Crippen molar-refractivity contribution in [1.82, 2.24) is 15.0 Å². The molecule has 0 radical (unpaired) electrons. The van der Waals surface area contributed by atoms with Gasteiger partial charge >= 0.3 is 0 Å². The lowest BCUT2D eigenvalue weighted by molar-refractivity contribution is 0.449. The molecule has 0 atom stereocenters. The Balaban J connectivity index is 2.48. The molecule has 2 aromatic heterocycles. The monoisotopic (exact) mass is 251 g/mol. The molecule has 0 unspecified atom stereocenters. The summed E-state index contributed by atoms with van der Waals surface area (Å²) in [5.41, 5.74) is 0.822. The minimum atomic E-state index is -0.0631. The van der Waals surface area contributed by atoms with Gasteiger partial charge in [0.1, 0.15) is 0 Å². The van der Waals surface area contributed by atoms with Gasteiger partial charge in [0.15, 0.2) is 5.82 Å². The van der Waals surface area contributed by atoms with Crippen molar-refractivity contribution >= 4 is 15.9 Å². The van der Waals surface area contributed by atoms with Gasteiger partial charge in [0.2, 0.25) is 5.88 Å². The summed E-state index contributed by atoms with van der Waals surface area (Å²) >= 11 is 3.11. The zero-order valence-corrected chi connectivity index (χ0v) is 8.64. The van der Waals surface area contributed by atoms with E-state index in [9.17, 15) is 5.11 Å². The topological polar surface area (TPSA) is 58.9 Å². The summed E-state index contributed by atoms with van der Waals surface area (Å²) in [5, 5.41) is 9.35. The fraction of sp³-hybridized carbons (Fsp3) is 0. The highest BCUT2D eigenvalue weighted by Crippen LogP contribution is 2.22. The molecule has 5 heteroatoms. The van der Waals surface area contributed by atoms with Crippen LogP contribution in [0.2, 0.25) is 0 Å². The lowest BCUT2D eigenvalue weighted by Crippen LogP contribution is -1.89. The van der Waals surface area contributed by atoms with Crippen molar-refractivity contribution in [3.8, 4) is 17.3 Å². The molecule has 70 valence electrons. The van der Waals surface area contributed by atoms with Gasteiger partial charge in [0.25, 0.3) is 0 Å². The summed E-state index contributed by atoms with van der Waals surface area (Å²) in [5.74, 6) is 0.417. The van der Waals surface area contributed by atoms with Crippen LogP contribution in [0.15, 0.2) is 35.2 Å². The first-order valence-corrected chi connectivity index (χ1v) is 4.68. The number of nitrogens with zero attached hydrogens (tertiary/aromatic N) is 3. The Morgan fingerprint density at radius 2 is 1.93 bits per heavy atom. The average molecular weight is 252 g/mol. The highest BCUT2D eigenvalue weighted by atomic mass is 79.9. The fourth-order valence-electron chi connectivity index (χ4n) is 0.998. The molecule has 2 rings (SSSR count). The van der Waals surface area contributed by atoms with Crippen molar-refractivity contribution in [3.63, 3.8) is 0 Å². The first-order chi connectivity index (χ1) is 6.77. The summed E-state index contributed by atoms with van der Waals surface area (Å²) < 4.78 is 0.482. The Kier molecular flexibility index (Phi) is 2.41. The second kappa shape index (κ2) is 3.71. The van der Waals surface area contributed by atoms with E-state index in [0.717, 1.165) is 5.56 Å². The van der Waals surface area contributed by atoms with Crippen LogP contribution in [0.25, 0.3) is 11.4 Å². The Hall–Kier alpha value is -1.49. The molecular weight excluding hydrogens is 246 g/mol. The summed E-state index contributed by atoms with van der Waals surface area (Å²) in [6.07, 6.45) is 4.81. The molecule has 4 nitrogen and oxygen atoms in total. The number of aromatic nitrogens is 3. The lowest BCUT2D eigenvalue weighted by atomic mass is 10.2. The van der Waals surface area contributed by atoms with E-state index in [1.165, 1.54) is 6.20 Å². The second-order valence-corrected chi connectivity index (χ2v) is 3.46. The van der Waals surface area contributed by atoms with Crippen LogP contribution in [0.4, 0.5) is 0 Å². The Morgan fingerprint density at radius 3 is 2.57 bits per heavy atom. The first-order valence-electron chi connectivity index (χ1n) is 3.89. The molecule has 14 heavy (non-hydrogen) atoms. The van der Waals surface area contributed by atoms with Crippen molar-refractivity contribution in [1.29, 1.82) is 0 Å². The molecular formula is C9H6BrN3O. The van der Waals surface area contributed by atoms with E-state index in [1.807, 2.05) is 0 Å². The van der Waals surface area contributed by atoms with Crippen LogP contribution < -0.4 is 0 Å². The molecule has 2 aromatic rings. The molecule has 0 saturated heterocycles. The predicted molar refractivity (Wildman–Crippen MR) is 54.6 cm³/mol. The second-order valence-electron chi connectivity index (χ2n) is 2.60. The van der Waals surface area contributed by atoms with Crippen LogP contribution in [-0.4, -0.2) is 20.1 Å². The number of hydrogen-bond acceptors (Lipinski definition) is 4.